The van der Waals surface area contributed by atoms with E-state index in [1.807, 2.05) is 0 Å². The first-order valence-corrected chi connectivity index (χ1v) is 16.3. The maximum Gasteiger partial charge on any atom is 0.239 e. The molecule has 228 valence electrons. The van der Waals surface area contributed by atoms with Crippen molar-refractivity contribution >= 4 is 33.3 Å². The molecule has 1 amide bonds. The summed E-state index contributed by atoms with van der Waals surface area (Å²) in [5, 5.41) is 3.50. The Morgan fingerprint density at radius 2 is 1.77 bits per heavy atom. The fraction of sp³-hybridized carbons (Fsp3) is 0.452. The van der Waals surface area contributed by atoms with E-state index < -0.39 is 32.8 Å². The average molecular weight is 611 g/mol. The molecule has 2 heterocycles. The quantitative estimate of drug-likeness (QED) is 0.372. The fourth-order valence-corrected chi connectivity index (χ4v) is 7.68. The van der Waals surface area contributed by atoms with Crippen molar-refractivity contribution in [1.29, 1.82) is 0 Å². The van der Waals surface area contributed by atoms with Gasteiger partial charge in [0, 0.05) is 29.5 Å². The monoisotopic (exact) mass is 610 g/mol. The number of amides is 1. The second kappa shape index (κ2) is 11.5. The molecule has 3 aliphatic rings. The molecule has 3 aromatic rings. The summed E-state index contributed by atoms with van der Waals surface area (Å²) >= 11 is 0. The third-order valence-electron chi connectivity index (χ3n) is 9.07. The highest BCUT2D eigenvalue weighted by molar-refractivity contribution is 7.91. The Morgan fingerprint density at radius 3 is 2.40 bits per heavy atom. The molecule has 2 aliphatic carbocycles. The summed E-state index contributed by atoms with van der Waals surface area (Å²) < 4.78 is 56.0. The fourth-order valence-electron chi connectivity index (χ4n) is 6.48. The van der Waals surface area contributed by atoms with Gasteiger partial charge in [0.15, 0.2) is 0 Å². The minimum Gasteiger partial charge on any atom is -0.351 e. The molecule has 2 aromatic carbocycles. The first kappa shape index (κ1) is 29.4. The first-order valence-electron chi connectivity index (χ1n) is 14.7. The van der Waals surface area contributed by atoms with Gasteiger partial charge in [-0.1, -0.05) is 18.6 Å². The number of aromatic nitrogens is 2. The minimum atomic E-state index is -3.96. The Bertz CT molecular complexity index is 1620. The third kappa shape index (κ3) is 5.95. The molecule has 2 fully saturated rings. The molecule has 0 bridgehead atoms. The summed E-state index contributed by atoms with van der Waals surface area (Å²) in [6.07, 6.45) is 8.26. The molecule has 6 rings (SSSR count). The van der Waals surface area contributed by atoms with Crippen LogP contribution in [0, 0.1) is 11.6 Å². The van der Waals surface area contributed by atoms with Gasteiger partial charge in [-0.3, -0.25) is 9.52 Å². The molecule has 0 radical (unpaired) electrons. The molecule has 1 aliphatic heterocycles. The predicted octanol–water partition coefficient (Wildman–Crippen LogP) is 4.95. The van der Waals surface area contributed by atoms with Crippen molar-refractivity contribution in [3.8, 4) is 0 Å². The van der Waals surface area contributed by atoms with E-state index in [4.69, 9.17) is 4.98 Å². The zero-order valence-corrected chi connectivity index (χ0v) is 25.1. The number of carbonyl (C=O) groups is 1. The number of fused-ring (bicyclic) bond motifs is 2. The van der Waals surface area contributed by atoms with Crippen molar-refractivity contribution in [2.24, 2.45) is 0 Å². The highest BCUT2D eigenvalue weighted by atomic mass is 32.2. The van der Waals surface area contributed by atoms with Gasteiger partial charge < -0.3 is 15.1 Å². The molecule has 0 unspecified atom stereocenters. The number of benzene rings is 2. The Morgan fingerprint density at radius 1 is 1.05 bits per heavy atom. The van der Waals surface area contributed by atoms with Crippen molar-refractivity contribution in [3.05, 3.63) is 77.1 Å². The molecule has 43 heavy (non-hydrogen) atoms. The van der Waals surface area contributed by atoms with E-state index in [1.54, 1.807) is 11.1 Å². The first-order chi connectivity index (χ1) is 20.5. The van der Waals surface area contributed by atoms with Gasteiger partial charge >= 0.3 is 0 Å². The molecule has 0 saturated heterocycles. The Labute approximate surface area is 250 Å². The van der Waals surface area contributed by atoms with Gasteiger partial charge in [0.1, 0.15) is 11.6 Å². The van der Waals surface area contributed by atoms with E-state index in [9.17, 15) is 17.6 Å². The zero-order chi connectivity index (χ0) is 30.4. The second-order valence-corrected chi connectivity index (χ2v) is 13.9. The third-order valence-corrected chi connectivity index (χ3v) is 10.3. The molecular formula is C31H36F2N6O3S. The summed E-state index contributed by atoms with van der Waals surface area (Å²) in [7, 11) is 0.269. The molecule has 9 nitrogen and oxygen atoms in total. The van der Waals surface area contributed by atoms with Crippen molar-refractivity contribution in [1.82, 2.24) is 14.9 Å². The molecule has 12 heteroatoms. The smallest absolute Gasteiger partial charge is 0.239 e. The standard InChI is InChI=1S/C31H36F2N6O3S/c1-38(2)24-10-8-23(9-11-24)35-30-34-17-21-18-39(29(40)31(14-3-15-31)28(21)36-30)25-12-13-27(26(33)16-25)37-43(41,42)19-20-4-6-22(32)7-5-20/h4-7,12-13,16-17,23-24,37H,3,8-11,14-15,18-19H2,1-2H3,(H,34,35,36). The highest BCUT2D eigenvalue weighted by Crippen LogP contribution is 2.49. The number of rotatable bonds is 8. The SMILES string of the molecule is CN(C)C1CCC(Nc2ncc3c(n2)C2(CCC2)C(=O)N(c2ccc(NS(=O)(=O)Cc4ccc(F)cc4)c(F)c2)C3)CC1. The van der Waals surface area contributed by atoms with Gasteiger partial charge in [0.05, 0.1) is 29.1 Å². The van der Waals surface area contributed by atoms with Gasteiger partial charge in [0.2, 0.25) is 21.9 Å². The summed E-state index contributed by atoms with van der Waals surface area (Å²) in [6, 6.07) is 9.97. The van der Waals surface area contributed by atoms with E-state index in [1.165, 1.54) is 42.5 Å². The number of halogens is 2. The number of hydrogen-bond acceptors (Lipinski definition) is 7. The topological polar surface area (TPSA) is 108 Å². The van der Waals surface area contributed by atoms with Crippen LogP contribution in [0.2, 0.25) is 0 Å². The lowest BCUT2D eigenvalue weighted by Gasteiger charge is -2.47. The van der Waals surface area contributed by atoms with E-state index in [0.29, 0.717) is 36.1 Å². The molecule has 2 saturated carbocycles. The molecule has 2 N–H and O–H groups in total. The summed E-state index contributed by atoms with van der Waals surface area (Å²) in [5.74, 6) is -1.31. The van der Waals surface area contributed by atoms with Gasteiger partial charge in [-0.25, -0.2) is 27.2 Å². The molecule has 0 atom stereocenters. The largest absolute Gasteiger partial charge is 0.351 e. The Hall–Kier alpha value is -3.64. The van der Waals surface area contributed by atoms with Crippen LogP contribution in [0.1, 0.15) is 61.8 Å². The number of anilines is 3. The summed E-state index contributed by atoms with van der Waals surface area (Å²) in [4.78, 5) is 27.2. The van der Waals surface area contributed by atoms with E-state index in [-0.39, 0.29) is 24.2 Å². The van der Waals surface area contributed by atoms with Crippen molar-refractivity contribution in [2.75, 3.05) is 29.0 Å². The van der Waals surface area contributed by atoms with Gasteiger partial charge in [-0.2, -0.15) is 0 Å². The number of carbonyl (C=O) groups excluding carboxylic acids is 1. The van der Waals surface area contributed by atoms with Crippen molar-refractivity contribution in [3.63, 3.8) is 0 Å². The van der Waals surface area contributed by atoms with Crippen LogP contribution in [-0.2, 0) is 32.5 Å². The molecular weight excluding hydrogens is 574 g/mol. The normalized spacial score (nSPS) is 21.4. The Balaban J connectivity index is 1.18. The predicted molar refractivity (Wildman–Crippen MR) is 161 cm³/mol. The van der Waals surface area contributed by atoms with Gasteiger partial charge in [0.25, 0.3) is 0 Å². The van der Waals surface area contributed by atoms with Crippen LogP contribution in [-0.4, -0.2) is 55.4 Å². The van der Waals surface area contributed by atoms with Crippen molar-refractivity contribution < 1.29 is 22.0 Å². The number of hydrogen-bond donors (Lipinski definition) is 2. The minimum absolute atomic E-state index is 0.133. The van der Waals surface area contributed by atoms with Crippen LogP contribution in [0.5, 0.6) is 0 Å². The lowest BCUT2D eigenvalue weighted by molar-refractivity contribution is -0.128. The van der Waals surface area contributed by atoms with Crippen LogP contribution < -0.4 is 14.9 Å². The van der Waals surface area contributed by atoms with Crippen LogP contribution in [0.15, 0.2) is 48.7 Å². The lowest BCUT2D eigenvalue weighted by Crippen LogP contribution is -2.55. The number of nitrogens with one attached hydrogen (secondary N) is 2. The van der Waals surface area contributed by atoms with Gasteiger partial charge in [-0.15, -0.1) is 0 Å². The maximum absolute atomic E-state index is 15.2. The second-order valence-electron chi connectivity index (χ2n) is 12.2. The van der Waals surface area contributed by atoms with Crippen molar-refractivity contribution in [2.45, 2.75) is 74.7 Å². The van der Waals surface area contributed by atoms with E-state index >= 15 is 4.39 Å². The van der Waals surface area contributed by atoms with Crippen LogP contribution >= 0.6 is 0 Å². The number of sulfonamides is 1. The summed E-state index contributed by atoms with van der Waals surface area (Å²) in [6.45, 7) is 0.194. The zero-order valence-electron chi connectivity index (χ0n) is 24.3. The van der Waals surface area contributed by atoms with Crippen LogP contribution in [0.4, 0.5) is 26.1 Å². The Kier molecular flexibility index (Phi) is 7.84. The van der Waals surface area contributed by atoms with Gasteiger partial charge in [-0.05, 0) is 88.5 Å². The summed E-state index contributed by atoms with van der Waals surface area (Å²) in [5.41, 5.74) is 1.28. The van der Waals surface area contributed by atoms with Crippen LogP contribution in [0.3, 0.4) is 0 Å². The maximum atomic E-state index is 15.2. The van der Waals surface area contributed by atoms with Crippen LogP contribution in [0.25, 0.3) is 0 Å². The molecule has 1 spiro atoms. The van der Waals surface area contributed by atoms with E-state index in [0.717, 1.165) is 43.4 Å². The molecule has 1 aromatic heterocycles. The van der Waals surface area contributed by atoms with E-state index in [2.05, 4.69) is 34.0 Å². The number of nitrogens with zero attached hydrogens (tertiary/aromatic N) is 4. The lowest BCUT2D eigenvalue weighted by atomic mass is 9.63. The average Bonchev–Trinajstić information content (AvgIpc) is 2.94. The highest BCUT2D eigenvalue weighted by Gasteiger charge is 2.53.